The van der Waals surface area contributed by atoms with E-state index in [-0.39, 0.29) is 12.4 Å². The molecule has 0 saturated carbocycles. The van der Waals surface area contributed by atoms with Crippen LogP contribution in [0.2, 0.25) is 0 Å². The van der Waals surface area contributed by atoms with Crippen LogP contribution in [0.3, 0.4) is 0 Å². The van der Waals surface area contributed by atoms with Crippen LogP contribution in [0.25, 0.3) is 0 Å². The quantitative estimate of drug-likeness (QED) is 0.638. The Kier molecular flexibility index (Phi) is 7.73. The smallest absolute Gasteiger partial charge is 0.148 e. The molecule has 0 bridgehead atoms. The fourth-order valence-corrected chi connectivity index (χ4v) is 4.54. The summed E-state index contributed by atoms with van der Waals surface area (Å²) in [5, 5.41) is 13.3. The van der Waals surface area contributed by atoms with Gasteiger partial charge >= 0.3 is 0 Å². The number of benzene rings is 1. The third kappa shape index (κ3) is 6.38. The fraction of sp³-hybridized carbons (Fsp3) is 0.600. The molecule has 1 atom stereocenters. The minimum absolute atomic E-state index is 0.0110. The Morgan fingerprint density at radius 2 is 1.95 bits per heavy atom. The third-order valence-electron chi connectivity index (χ3n) is 3.26. The Morgan fingerprint density at radius 1 is 1.29 bits per heavy atom. The zero-order valence-electron chi connectivity index (χ0n) is 12.7. The maximum absolute atomic E-state index is 11.2. The number of aliphatic hydroxyl groups excluding tert-OH is 1. The largest absolute Gasteiger partial charge is 0.394 e. The van der Waals surface area contributed by atoms with Gasteiger partial charge < -0.3 is 10.4 Å². The number of thioether (sulfide) groups is 1. The highest BCUT2D eigenvalue weighted by Gasteiger charge is 2.30. The molecule has 0 aromatic heterocycles. The molecule has 0 amide bonds. The molecule has 1 rings (SSSR count). The molecule has 0 aliphatic rings. The Hall–Kier alpha value is -0.560. The first-order valence-corrected chi connectivity index (χ1v) is 10.3. The van der Waals surface area contributed by atoms with Crippen molar-refractivity contribution in [3.05, 3.63) is 35.9 Å². The lowest BCUT2D eigenvalue weighted by molar-refractivity contribution is 0.179. The zero-order valence-corrected chi connectivity index (χ0v) is 14.3. The molecule has 120 valence electrons. The van der Waals surface area contributed by atoms with E-state index in [1.165, 1.54) is 6.26 Å². The van der Waals surface area contributed by atoms with Crippen molar-refractivity contribution >= 4 is 21.6 Å². The average Bonchev–Trinajstić information content (AvgIpc) is 2.47. The molecule has 0 radical (unpaired) electrons. The molecule has 6 heteroatoms. The standard InChI is InChI=1S/C15H25NO3S2/c1-3-9-16-15(12-17,14-7-5-4-6-8-14)13-20-10-11-21(2,18)19/h4-8,16-17H,3,9-13H2,1-2H3. The van der Waals surface area contributed by atoms with Gasteiger partial charge in [0.2, 0.25) is 0 Å². The van der Waals surface area contributed by atoms with Gasteiger partial charge in [-0.3, -0.25) is 0 Å². The van der Waals surface area contributed by atoms with Crippen LogP contribution in [-0.2, 0) is 15.4 Å². The number of hydrogen-bond acceptors (Lipinski definition) is 5. The summed E-state index contributed by atoms with van der Waals surface area (Å²) in [6, 6.07) is 9.84. The Bertz CT molecular complexity index is 505. The van der Waals surface area contributed by atoms with Gasteiger partial charge in [-0.1, -0.05) is 37.3 Å². The van der Waals surface area contributed by atoms with E-state index in [9.17, 15) is 13.5 Å². The Labute approximate surface area is 132 Å². The lowest BCUT2D eigenvalue weighted by Gasteiger charge is -2.33. The maximum atomic E-state index is 11.2. The highest BCUT2D eigenvalue weighted by Crippen LogP contribution is 2.25. The van der Waals surface area contributed by atoms with E-state index in [2.05, 4.69) is 12.2 Å². The topological polar surface area (TPSA) is 66.4 Å². The molecule has 0 saturated heterocycles. The van der Waals surface area contributed by atoms with Crippen LogP contribution in [-0.4, -0.2) is 50.2 Å². The van der Waals surface area contributed by atoms with Crippen molar-refractivity contribution in [3.8, 4) is 0 Å². The van der Waals surface area contributed by atoms with Gasteiger partial charge in [-0.05, 0) is 18.5 Å². The molecule has 1 unspecified atom stereocenters. The van der Waals surface area contributed by atoms with Gasteiger partial charge in [-0.2, -0.15) is 11.8 Å². The van der Waals surface area contributed by atoms with Crippen LogP contribution in [0.4, 0.5) is 0 Å². The third-order valence-corrected chi connectivity index (χ3v) is 5.65. The second kappa shape index (κ2) is 8.78. The first-order chi connectivity index (χ1) is 9.93. The SMILES string of the molecule is CCCNC(CO)(CSCCS(C)(=O)=O)c1ccccc1. The van der Waals surface area contributed by atoms with Gasteiger partial charge in [-0.15, -0.1) is 0 Å². The van der Waals surface area contributed by atoms with Crippen LogP contribution in [0.1, 0.15) is 18.9 Å². The number of hydrogen-bond donors (Lipinski definition) is 2. The van der Waals surface area contributed by atoms with Gasteiger partial charge in [0.05, 0.1) is 17.9 Å². The predicted molar refractivity (Wildman–Crippen MR) is 90.5 cm³/mol. The summed E-state index contributed by atoms with van der Waals surface area (Å²) in [4.78, 5) is 0. The van der Waals surface area contributed by atoms with Crippen LogP contribution in [0.5, 0.6) is 0 Å². The van der Waals surface area contributed by atoms with E-state index in [1.54, 1.807) is 11.8 Å². The second-order valence-corrected chi connectivity index (χ2v) is 8.58. The van der Waals surface area contributed by atoms with Crippen molar-refractivity contribution in [2.45, 2.75) is 18.9 Å². The summed E-state index contributed by atoms with van der Waals surface area (Å²) in [5.41, 5.74) is 0.521. The van der Waals surface area contributed by atoms with Gasteiger partial charge in [0.15, 0.2) is 0 Å². The first kappa shape index (κ1) is 18.5. The molecule has 0 heterocycles. The summed E-state index contributed by atoms with van der Waals surface area (Å²) in [7, 11) is -2.93. The molecule has 2 N–H and O–H groups in total. The van der Waals surface area contributed by atoms with Crippen molar-refractivity contribution in [3.63, 3.8) is 0 Å². The lowest BCUT2D eigenvalue weighted by Crippen LogP contribution is -2.48. The van der Waals surface area contributed by atoms with Crippen molar-refractivity contribution in [1.82, 2.24) is 5.32 Å². The molecule has 0 aliphatic carbocycles. The van der Waals surface area contributed by atoms with Crippen LogP contribution in [0, 0.1) is 0 Å². The molecular formula is C15H25NO3S2. The minimum atomic E-state index is -2.93. The molecule has 1 aromatic carbocycles. The monoisotopic (exact) mass is 331 g/mol. The second-order valence-electron chi connectivity index (χ2n) is 5.22. The highest BCUT2D eigenvalue weighted by molar-refractivity contribution is 8.00. The van der Waals surface area contributed by atoms with Crippen LogP contribution in [0.15, 0.2) is 30.3 Å². The van der Waals surface area contributed by atoms with E-state index in [1.807, 2.05) is 30.3 Å². The molecule has 0 aliphatic heterocycles. The summed E-state index contributed by atoms with van der Waals surface area (Å²) < 4.78 is 22.4. The molecule has 0 spiro atoms. The van der Waals surface area contributed by atoms with E-state index >= 15 is 0 Å². The van der Waals surface area contributed by atoms with Crippen LogP contribution < -0.4 is 5.32 Å². The fourth-order valence-electron chi connectivity index (χ4n) is 2.01. The average molecular weight is 332 g/mol. The number of aliphatic hydroxyl groups is 1. The summed E-state index contributed by atoms with van der Waals surface area (Å²) in [5.74, 6) is 1.35. The molecule has 21 heavy (non-hydrogen) atoms. The molecular weight excluding hydrogens is 306 g/mol. The Morgan fingerprint density at radius 3 is 2.48 bits per heavy atom. The summed E-state index contributed by atoms with van der Waals surface area (Å²) in [6.07, 6.45) is 2.22. The van der Waals surface area contributed by atoms with Crippen molar-refractivity contribution in [2.24, 2.45) is 0 Å². The molecule has 4 nitrogen and oxygen atoms in total. The van der Waals surface area contributed by atoms with Gasteiger partial charge in [0, 0.05) is 17.8 Å². The number of nitrogens with one attached hydrogen (secondary N) is 1. The Balaban J connectivity index is 2.76. The van der Waals surface area contributed by atoms with Gasteiger partial charge in [0.25, 0.3) is 0 Å². The summed E-state index contributed by atoms with van der Waals surface area (Å²) >= 11 is 1.56. The normalized spacial score (nSPS) is 14.8. The maximum Gasteiger partial charge on any atom is 0.148 e. The van der Waals surface area contributed by atoms with Crippen LogP contribution >= 0.6 is 11.8 Å². The predicted octanol–water partition coefficient (Wildman–Crippen LogP) is 1.65. The van der Waals surface area contributed by atoms with E-state index in [4.69, 9.17) is 0 Å². The molecule has 1 aromatic rings. The van der Waals surface area contributed by atoms with Crippen molar-refractivity contribution in [2.75, 3.05) is 36.7 Å². The zero-order chi connectivity index (χ0) is 15.8. The van der Waals surface area contributed by atoms with Crippen molar-refractivity contribution < 1.29 is 13.5 Å². The first-order valence-electron chi connectivity index (χ1n) is 7.10. The number of sulfone groups is 1. The van der Waals surface area contributed by atoms with E-state index in [0.29, 0.717) is 11.5 Å². The van der Waals surface area contributed by atoms with E-state index < -0.39 is 15.4 Å². The molecule has 0 fully saturated rings. The lowest BCUT2D eigenvalue weighted by atomic mass is 9.92. The highest BCUT2D eigenvalue weighted by atomic mass is 32.2. The number of rotatable bonds is 10. The summed E-state index contributed by atoms with van der Waals surface area (Å²) in [6.45, 7) is 2.88. The van der Waals surface area contributed by atoms with E-state index in [0.717, 1.165) is 18.5 Å². The van der Waals surface area contributed by atoms with Crippen molar-refractivity contribution in [1.29, 1.82) is 0 Å². The minimum Gasteiger partial charge on any atom is -0.394 e. The van der Waals surface area contributed by atoms with Gasteiger partial charge in [0.1, 0.15) is 9.84 Å². The van der Waals surface area contributed by atoms with Gasteiger partial charge in [-0.25, -0.2) is 8.42 Å².